The average Bonchev–Trinajstić information content (AvgIpc) is 2.38. The largest absolute Gasteiger partial charge is 1.00 e. The van der Waals surface area contributed by atoms with Crippen molar-refractivity contribution in [1.82, 2.24) is 15.5 Å². The molecule has 15 heteroatoms. The van der Waals surface area contributed by atoms with Gasteiger partial charge in [-0.15, -0.1) is 0 Å². The summed E-state index contributed by atoms with van der Waals surface area (Å²) in [6.45, 7) is 0.568. The zero-order valence-corrected chi connectivity index (χ0v) is 17.5. The van der Waals surface area contributed by atoms with Crippen molar-refractivity contribution in [2.75, 3.05) is 31.6 Å². The van der Waals surface area contributed by atoms with Gasteiger partial charge in [-0.05, 0) is 0 Å². The Morgan fingerprint density at radius 3 is 1.90 bits per heavy atom. The molecule has 0 aliphatic carbocycles. The van der Waals surface area contributed by atoms with Gasteiger partial charge in [-0.2, -0.15) is 8.67 Å². The minimum atomic E-state index is -0.753. The number of amides is 2. The zero-order valence-electron chi connectivity index (χ0n) is 11.8. The van der Waals surface area contributed by atoms with E-state index in [1.54, 1.807) is 0 Å². The summed E-state index contributed by atoms with van der Waals surface area (Å²) >= 11 is 1.49. The molecule has 0 rings (SSSR count). The Morgan fingerprint density at radius 2 is 1.57 bits per heavy atom. The van der Waals surface area contributed by atoms with Gasteiger partial charge in [0.25, 0.3) is 0 Å². The number of hydroxylamine groups is 2. The molecule has 2 N–H and O–H groups in total. The summed E-state index contributed by atoms with van der Waals surface area (Å²) in [5.74, 6) is 0.614. The van der Waals surface area contributed by atoms with Crippen molar-refractivity contribution in [3.63, 3.8) is 0 Å². The van der Waals surface area contributed by atoms with Crippen LogP contribution in [0.1, 0.15) is 0 Å². The number of carbonyl (C=O) groups excluding carboxylic acids is 1. The molecule has 11 nitrogen and oxygen atoms in total. The van der Waals surface area contributed by atoms with Gasteiger partial charge in [-0.3, -0.25) is 20.7 Å². The number of nitrogens with zero attached hydrogens (tertiary/aromatic N) is 2. The fraction of sp³-hybridized carbons (Fsp3) is 0.833. The zero-order chi connectivity index (χ0) is 14.5. The third-order valence-electron chi connectivity index (χ3n) is 1.59. The molecular weight excluding hydrogens is 352 g/mol. The second-order valence-electron chi connectivity index (χ2n) is 2.84. The summed E-state index contributed by atoms with van der Waals surface area (Å²) in [6.07, 6.45) is 0. The molecule has 0 heterocycles. The minimum Gasteiger partial charge on any atom is -0.691 e. The first-order valence-corrected chi connectivity index (χ1v) is 6.58. The molecule has 0 saturated carbocycles. The molecule has 0 spiro atoms. The number of nitrogens with one attached hydrogen (secondary N) is 1. The van der Waals surface area contributed by atoms with Gasteiger partial charge in [0, 0.05) is 55.7 Å². The Balaban J connectivity index is -0.00000162. The normalized spacial score (nSPS) is 9.76. The number of hydrogen-bond donors (Lipinski definition) is 2. The maximum Gasteiger partial charge on any atom is 1.00 e. The number of hydrogen-bond acceptors (Lipinski definition) is 11. The maximum atomic E-state index is 11.2. The van der Waals surface area contributed by atoms with Gasteiger partial charge in [0.2, 0.25) is 0 Å². The molecule has 0 bridgehead atoms. The van der Waals surface area contributed by atoms with Gasteiger partial charge < -0.3 is 10.5 Å². The molecule has 0 aromatic carbocycles. The molecule has 0 radical (unpaired) electrons. The maximum absolute atomic E-state index is 11.2. The second-order valence-corrected chi connectivity index (χ2v) is 4.40. The van der Waals surface area contributed by atoms with E-state index in [-0.39, 0.29) is 72.2 Å². The van der Waals surface area contributed by atoms with Gasteiger partial charge in [-0.25, -0.2) is 14.9 Å². The monoisotopic (exact) mass is 365 g/mol. The number of carbonyl (C=O) groups is 1. The van der Waals surface area contributed by atoms with Crippen LogP contribution in [0.2, 0.25) is 0 Å². The Bertz CT molecular complexity index is 234. The van der Waals surface area contributed by atoms with E-state index >= 15 is 0 Å². The second kappa shape index (κ2) is 19.7. The van der Waals surface area contributed by atoms with Crippen LogP contribution < -0.4 is 75.1 Å². The van der Waals surface area contributed by atoms with Gasteiger partial charge in [0.15, 0.2) is 0 Å². The molecule has 2 amide bonds. The van der Waals surface area contributed by atoms with Crippen LogP contribution in [0.5, 0.6) is 0 Å². The van der Waals surface area contributed by atoms with Gasteiger partial charge in [-0.1, -0.05) is 0 Å². The van der Waals surface area contributed by atoms with Crippen LogP contribution in [-0.4, -0.2) is 53.0 Å². The van der Waals surface area contributed by atoms with E-state index in [0.717, 1.165) is 31.1 Å². The molecule has 0 fully saturated rings. The Hall–Kier alpha value is 1.65. The van der Waals surface area contributed by atoms with Crippen LogP contribution in [-0.2, 0) is 18.7 Å². The molecule has 114 valence electrons. The Morgan fingerprint density at radius 1 is 1.14 bits per heavy atom. The first-order chi connectivity index (χ1) is 9.11. The molecule has 0 aliphatic rings. The molecule has 0 saturated heterocycles. The quantitative estimate of drug-likeness (QED) is 0.0901. The molecular formula is C6H13N3Na2O8S2. The van der Waals surface area contributed by atoms with Crippen molar-refractivity contribution in [3.8, 4) is 0 Å². The summed E-state index contributed by atoms with van der Waals surface area (Å²) in [5.41, 5.74) is 2.36. The third kappa shape index (κ3) is 17.8. The predicted octanol–water partition coefficient (Wildman–Crippen LogP) is -8.01. The topological polar surface area (TPSA) is 139 Å². The summed E-state index contributed by atoms with van der Waals surface area (Å²) in [5, 5.41) is 36.1. The summed E-state index contributed by atoms with van der Waals surface area (Å²) in [7, 11) is 1.15. The van der Waals surface area contributed by atoms with Crippen LogP contribution in [0.4, 0.5) is 4.79 Å². The van der Waals surface area contributed by atoms with Gasteiger partial charge in [0.05, 0.1) is 0 Å². The third-order valence-corrected chi connectivity index (χ3v) is 2.59. The van der Waals surface area contributed by atoms with Gasteiger partial charge >= 0.3 is 65.1 Å². The van der Waals surface area contributed by atoms with Crippen LogP contribution in [0.15, 0.2) is 0 Å². The Kier molecular flexibility index (Phi) is 25.8. The van der Waals surface area contributed by atoms with Crippen molar-refractivity contribution in [2.45, 2.75) is 0 Å². The number of hydrazine groups is 1. The van der Waals surface area contributed by atoms with Crippen molar-refractivity contribution in [2.24, 2.45) is 0 Å². The summed E-state index contributed by atoms with van der Waals surface area (Å²) in [4.78, 5) is 11.2. The SMILES string of the molecule is CN(O)C(=O)NN(CCSOO[O-])CCSOO[O-].[Na+].[Na+]. The average molecular weight is 365 g/mol. The van der Waals surface area contributed by atoms with Crippen molar-refractivity contribution >= 4 is 30.1 Å². The molecule has 0 aromatic rings. The van der Waals surface area contributed by atoms with Crippen LogP contribution in [0.3, 0.4) is 0 Å². The summed E-state index contributed by atoms with van der Waals surface area (Å²) < 4.78 is 8.10. The van der Waals surface area contributed by atoms with Gasteiger partial charge in [0.1, 0.15) is 0 Å². The molecule has 21 heavy (non-hydrogen) atoms. The molecule has 0 aromatic heterocycles. The first kappa shape index (κ1) is 27.5. The van der Waals surface area contributed by atoms with Crippen LogP contribution in [0.25, 0.3) is 0 Å². The van der Waals surface area contributed by atoms with Crippen molar-refractivity contribution < 1.29 is 98.4 Å². The fourth-order valence-electron chi connectivity index (χ4n) is 0.833. The molecule has 0 unspecified atom stereocenters. The minimum absolute atomic E-state index is 0. The standard InChI is InChI=1S/C6H15N3O8S2.2Na/c1-8(11)6(10)7-9(2-4-18-16-14-12)3-5-19-17-15-13;;/h11-13H,2-5H2,1H3,(H,7,10);;/q;2*+1/p-2. The van der Waals surface area contributed by atoms with E-state index in [9.17, 15) is 15.3 Å². The molecule has 0 atom stereocenters. The predicted molar refractivity (Wildman–Crippen MR) is 58.9 cm³/mol. The van der Waals surface area contributed by atoms with E-state index in [1.807, 2.05) is 0 Å². The summed E-state index contributed by atoms with van der Waals surface area (Å²) in [6, 6.07) is -0.753. The van der Waals surface area contributed by atoms with E-state index in [4.69, 9.17) is 5.21 Å². The van der Waals surface area contributed by atoms with E-state index < -0.39 is 6.03 Å². The fourth-order valence-corrected chi connectivity index (χ4v) is 1.64. The van der Waals surface area contributed by atoms with Crippen LogP contribution >= 0.6 is 24.1 Å². The number of rotatable bonds is 11. The van der Waals surface area contributed by atoms with Crippen molar-refractivity contribution in [1.29, 1.82) is 0 Å². The van der Waals surface area contributed by atoms with Crippen molar-refractivity contribution in [3.05, 3.63) is 0 Å². The van der Waals surface area contributed by atoms with E-state index in [0.29, 0.717) is 16.6 Å². The van der Waals surface area contributed by atoms with E-state index in [2.05, 4.69) is 24.2 Å². The smallest absolute Gasteiger partial charge is 0.691 e. The Labute approximate surface area is 174 Å². The van der Waals surface area contributed by atoms with E-state index in [1.165, 1.54) is 5.01 Å². The number of urea groups is 1. The first-order valence-electron chi connectivity index (χ1n) is 4.76. The molecule has 0 aliphatic heterocycles. The van der Waals surface area contributed by atoms with Crippen LogP contribution in [0, 0.1) is 0 Å².